The lowest BCUT2D eigenvalue weighted by Crippen LogP contribution is -2.27. The lowest BCUT2D eigenvalue weighted by molar-refractivity contribution is -0.144. The number of halogens is 3. The van der Waals surface area contributed by atoms with E-state index >= 15 is 0 Å². The Morgan fingerprint density at radius 2 is 1.95 bits per heavy atom. The SMILES string of the molecule is COc1cccc(CCNC(=O)CCC(F)(F)F)c1OC. The van der Waals surface area contributed by atoms with Gasteiger partial charge in [-0.05, 0) is 18.1 Å². The number of carbonyl (C=O) groups is 1. The molecule has 0 atom stereocenters. The van der Waals surface area contributed by atoms with Crippen LogP contribution in [0.25, 0.3) is 0 Å². The predicted molar refractivity (Wildman–Crippen MR) is 71.5 cm³/mol. The second-order valence-corrected chi connectivity index (χ2v) is 4.37. The van der Waals surface area contributed by atoms with Crippen LogP contribution in [0.4, 0.5) is 13.2 Å². The third-order valence-corrected chi connectivity index (χ3v) is 2.84. The lowest BCUT2D eigenvalue weighted by atomic mass is 10.1. The van der Waals surface area contributed by atoms with Crippen molar-refractivity contribution in [2.45, 2.75) is 25.4 Å². The molecule has 0 aromatic heterocycles. The first kappa shape index (κ1) is 17.1. The molecule has 7 heteroatoms. The largest absolute Gasteiger partial charge is 0.493 e. The van der Waals surface area contributed by atoms with Crippen molar-refractivity contribution in [1.82, 2.24) is 5.32 Å². The van der Waals surface area contributed by atoms with Gasteiger partial charge in [-0.3, -0.25) is 4.79 Å². The first-order chi connectivity index (χ1) is 9.87. The van der Waals surface area contributed by atoms with E-state index in [0.29, 0.717) is 17.9 Å². The average molecular weight is 305 g/mol. The Balaban J connectivity index is 2.47. The summed E-state index contributed by atoms with van der Waals surface area (Å²) in [5.74, 6) is 0.511. The van der Waals surface area contributed by atoms with Crippen LogP contribution in [-0.2, 0) is 11.2 Å². The van der Waals surface area contributed by atoms with Gasteiger partial charge in [0.2, 0.25) is 5.91 Å². The van der Waals surface area contributed by atoms with Crippen LogP contribution in [0.5, 0.6) is 11.5 Å². The molecule has 0 saturated heterocycles. The van der Waals surface area contributed by atoms with Crippen molar-refractivity contribution in [3.63, 3.8) is 0 Å². The number of methoxy groups -OCH3 is 2. The minimum Gasteiger partial charge on any atom is -0.493 e. The highest BCUT2D eigenvalue weighted by atomic mass is 19.4. The molecule has 0 bridgehead atoms. The van der Waals surface area contributed by atoms with E-state index in [1.807, 2.05) is 6.07 Å². The van der Waals surface area contributed by atoms with Gasteiger partial charge in [-0.2, -0.15) is 13.2 Å². The Kier molecular flexibility index (Phi) is 6.33. The molecule has 1 aromatic carbocycles. The maximum Gasteiger partial charge on any atom is 0.389 e. The van der Waals surface area contributed by atoms with Crippen LogP contribution in [0.3, 0.4) is 0 Å². The summed E-state index contributed by atoms with van der Waals surface area (Å²) in [6, 6.07) is 5.33. The second kappa shape index (κ2) is 7.75. The standard InChI is InChI=1S/C14H18F3NO3/c1-20-11-5-3-4-10(13(11)21-2)7-9-18-12(19)6-8-14(15,16)17/h3-5H,6-9H2,1-2H3,(H,18,19). The fraction of sp³-hybridized carbons (Fsp3) is 0.500. The molecule has 4 nitrogen and oxygen atoms in total. The van der Waals surface area contributed by atoms with Crippen molar-refractivity contribution in [1.29, 1.82) is 0 Å². The van der Waals surface area contributed by atoms with Crippen molar-refractivity contribution >= 4 is 5.91 Å². The molecule has 0 unspecified atom stereocenters. The molecule has 118 valence electrons. The van der Waals surface area contributed by atoms with Gasteiger partial charge in [0.1, 0.15) is 0 Å². The zero-order valence-corrected chi connectivity index (χ0v) is 11.9. The Morgan fingerprint density at radius 1 is 1.24 bits per heavy atom. The van der Waals surface area contributed by atoms with E-state index in [4.69, 9.17) is 9.47 Å². The number of carbonyl (C=O) groups excluding carboxylic acids is 1. The molecule has 0 aliphatic heterocycles. The molecule has 0 aliphatic rings. The van der Waals surface area contributed by atoms with E-state index in [2.05, 4.69) is 5.32 Å². The minimum atomic E-state index is -4.31. The summed E-state index contributed by atoms with van der Waals surface area (Å²) in [6.07, 6.45) is -5.54. The number of amides is 1. The number of para-hydroxylation sites is 1. The number of nitrogens with one attached hydrogen (secondary N) is 1. The Hall–Kier alpha value is -1.92. The van der Waals surface area contributed by atoms with E-state index in [9.17, 15) is 18.0 Å². The molecule has 0 saturated carbocycles. The number of hydrogen-bond donors (Lipinski definition) is 1. The monoisotopic (exact) mass is 305 g/mol. The van der Waals surface area contributed by atoms with Gasteiger partial charge in [-0.25, -0.2) is 0 Å². The van der Waals surface area contributed by atoms with Crippen LogP contribution in [0.1, 0.15) is 18.4 Å². The van der Waals surface area contributed by atoms with Gasteiger partial charge in [-0.1, -0.05) is 12.1 Å². The highest BCUT2D eigenvalue weighted by molar-refractivity contribution is 5.75. The summed E-state index contributed by atoms with van der Waals surface area (Å²) in [7, 11) is 3.02. The molecule has 0 heterocycles. The van der Waals surface area contributed by atoms with Crippen molar-refractivity contribution in [3.8, 4) is 11.5 Å². The molecule has 1 N–H and O–H groups in total. The topological polar surface area (TPSA) is 47.6 Å². The lowest BCUT2D eigenvalue weighted by Gasteiger charge is -2.13. The fourth-order valence-electron chi connectivity index (χ4n) is 1.83. The number of benzene rings is 1. The van der Waals surface area contributed by atoms with Crippen LogP contribution >= 0.6 is 0 Å². The van der Waals surface area contributed by atoms with Crippen LogP contribution in [0.15, 0.2) is 18.2 Å². The number of alkyl halides is 3. The fourth-order valence-corrected chi connectivity index (χ4v) is 1.83. The molecule has 21 heavy (non-hydrogen) atoms. The van der Waals surface area contributed by atoms with Crippen molar-refractivity contribution in [2.75, 3.05) is 20.8 Å². The number of hydrogen-bond acceptors (Lipinski definition) is 3. The first-order valence-electron chi connectivity index (χ1n) is 6.40. The molecule has 0 aliphatic carbocycles. The summed E-state index contributed by atoms with van der Waals surface area (Å²) in [5, 5.41) is 2.46. The van der Waals surface area contributed by atoms with Crippen molar-refractivity contribution in [3.05, 3.63) is 23.8 Å². The molecule has 1 amide bonds. The second-order valence-electron chi connectivity index (χ2n) is 4.37. The number of rotatable bonds is 7. The molecular weight excluding hydrogens is 287 g/mol. The summed E-state index contributed by atoms with van der Waals surface area (Å²) >= 11 is 0. The van der Waals surface area contributed by atoms with Crippen molar-refractivity contribution < 1.29 is 27.4 Å². The summed E-state index contributed by atoms with van der Waals surface area (Å²) in [6.45, 7) is 0.236. The highest BCUT2D eigenvalue weighted by Crippen LogP contribution is 2.30. The minimum absolute atomic E-state index is 0.236. The zero-order valence-electron chi connectivity index (χ0n) is 11.9. The van der Waals surface area contributed by atoms with Gasteiger partial charge < -0.3 is 14.8 Å². The van der Waals surface area contributed by atoms with E-state index in [-0.39, 0.29) is 6.54 Å². The molecule has 1 rings (SSSR count). The molecule has 1 aromatic rings. The van der Waals surface area contributed by atoms with Crippen LogP contribution in [0, 0.1) is 0 Å². The zero-order chi connectivity index (χ0) is 15.9. The third kappa shape index (κ3) is 5.93. The van der Waals surface area contributed by atoms with Crippen LogP contribution < -0.4 is 14.8 Å². The summed E-state index contributed by atoms with van der Waals surface area (Å²) in [5.41, 5.74) is 0.813. The molecule has 0 spiro atoms. The number of ether oxygens (including phenoxy) is 2. The van der Waals surface area contributed by atoms with Gasteiger partial charge in [0, 0.05) is 13.0 Å². The van der Waals surface area contributed by atoms with E-state index in [1.54, 1.807) is 12.1 Å². The highest BCUT2D eigenvalue weighted by Gasteiger charge is 2.27. The van der Waals surface area contributed by atoms with Gasteiger partial charge in [0.15, 0.2) is 11.5 Å². The third-order valence-electron chi connectivity index (χ3n) is 2.84. The summed E-state index contributed by atoms with van der Waals surface area (Å²) < 4.78 is 46.3. The van der Waals surface area contributed by atoms with E-state index in [0.717, 1.165) is 5.56 Å². The Labute approximate surface area is 121 Å². The van der Waals surface area contributed by atoms with Gasteiger partial charge in [0.05, 0.1) is 20.6 Å². The maximum atomic E-state index is 12.0. The average Bonchev–Trinajstić information content (AvgIpc) is 2.44. The predicted octanol–water partition coefficient (Wildman–Crippen LogP) is 2.71. The molecule has 0 fully saturated rings. The molecular formula is C14H18F3NO3. The quantitative estimate of drug-likeness (QED) is 0.842. The van der Waals surface area contributed by atoms with Gasteiger partial charge in [-0.15, -0.1) is 0 Å². The van der Waals surface area contributed by atoms with Crippen molar-refractivity contribution in [2.24, 2.45) is 0 Å². The maximum absolute atomic E-state index is 12.0. The van der Waals surface area contributed by atoms with E-state index < -0.39 is 24.9 Å². The smallest absolute Gasteiger partial charge is 0.389 e. The molecule has 0 radical (unpaired) electrons. The van der Waals surface area contributed by atoms with Crippen LogP contribution in [0.2, 0.25) is 0 Å². The van der Waals surface area contributed by atoms with Gasteiger partial charge >= 0.3 is 6.18 Å². The normalized spacial score (nSPS) is 11.1. The Morgan fingerprint density at radius 3 is 2.52 bits per heavy atom. The first-order valence-corrected chi connectivity index (χ1v) is 6.40. The summed E-state index contributed by atoms with van der Waals surface area (Å²) in [4.78, 5) is 11.3. The van der Waals surface area contributed by atoms with Crippen LogP contribution in [-0.4, -0.2) is 32.8 Å². The Bertz CT molecular complexity index is 475. The van der Waals surface area contributed by atoms with Gasteiger partial charge in [0.25, 0.3) is 0 Å². The van der Waals surface area contributed by atoms with E-state index in [1.165, 1.54) is 14.2 Å².